The predicted octanol–water partition coefficient (Wildman–Crippen LogP) is -0.676. The molecule has 0 spiro atoms. The van der Waals surface area contributed by atoms with Gasteiger partial charge in [-0.15, -0.1) is 0 Å². The third-order valence-corrected chi connectivity index (χ3v) is 6.12. The summed E-state index contributed by atoms with van der Waals surface area (Å²) >= 11 is 0. The molecule has 0 bridgehead atoms. The molecule has 0 radical (unpaired) electrons. The van der Waals surface area contributed by atoms with Crippen molar-refractivity contribution in [2.24, 2.45) is 33.8 Å². The van der Waals surface area contributed by atoms with Crippen LogP contribution in [0.15, 0.2) is 35.3 Å². The summed E-state index contributed by atoms with van der Waals surface area (Å²) in [5, 5.41) is 17.6. The number of unbranched alkanes of at least 4 members (excludes halogenated alkanes) is 1. The van der Waals surface area contributed by atoms with Gasteiger partial charge in [-0.1, -0.05) is 50.6 Å². The van der Waals surface area contributed by atoms with E-state index >= 15 is 0 Å². The zero-order valence-corrected chi connectivity index (χ0v) is 23.5. The number of benzene rings is 1. The molecule has 40 heavy (non-hydrogen) atoms. The minimum Gasteiger partial charge on any atom is -0.480 e. The number of amides is 3. The van der Waals surface area contributed by atoms with Gasteiger partial charge in [-0.25, -0.2) is 4.79 Å². The van der Waals surface area contributed by atoms with Crippen molar-refractivity contribution in [1.29, 1.82) is 0 Å². The summed E-state index contributed by atoms with van der Waals surface area (Å²) in [6.45, 7) is 4.45. The second-order valence-corrected chi connectivity index (χ2v) is 10.2. The maximum atomic E-state index is 13.4. The van der Waals surface area contributed by atoms with Crippen LogP contribution in [0.4, 0.5) is 0 Å². The first-order chi connectivity index (χ1) is 18.9. The van der Waals surface area contributed by atoms with Gasteiger partial charge in [0.05, 0.1) is 6.04 Å². The molecular weight excluding hydrogens is 516 g/mol. The smallest absolute Gasteiger partial charge is 0.326 e. The molecule has 3 amide bonds. The number of carbonyl (C=O) groups is 4. The number of nitrogens with two attached hydrogens (primary N) is 4. The molecule has 1 aromatic rings. The highest BCUT2D eigenvalue weighted by molar-refractivity contribution is 5.94. The first-order valence-corrected chi connectivity index (χ1v) is 13.6. The molecule has 0 aromatic heterocycles. The molecule has 4 unspecified atom stereocenters. The number of hydrogen-bond donors (Lipinski definition) is 8. The molecule has 1 aromatic carbocycles. The van der Waals surface area contributed by atoms with Crippen molar-refractivity contribution in [3.63, 3.8) is 0 Å². The van der Waals surface area contributed by atoms with Crippen LogP contribution in [0.2, 0.25) is 0 Å². The molecule has 12 N–H and O–H groups in total. The second-order valence-electron chi connectivity index (χ2n) is 10.2. The van der Waals surface area contributed by atoms with Crippen LogP contribution >= 0.6 is 0 Å². The minimum absolute atomic E-state index is 0.000624. The van der Waals surface area contributed by atoms with Crippen LogP contribution in [0.25, 0.3) is 0 Å². The second kappa shape index (κ2) is 18.6. The molecular formula is C27H46N8O5. The molecule has 0 fully saturated rings. The Labute approximate surface area is 235 Å². The maximum absolute atomic E-state index is 13.4. The van der Waals surface area contributed by atoms with E-state index in [-0.39, 0.29) is 37.7 Å². The predicted molar refractivity (Wildman–Crippen MR) is 154 cm³/mol. The Morgan fingerprint density at radius 1 is 0.850 bits per heavy atom. The highest BCUT2D eigenvalue weighted by atomic mass is 16.4. The summed E-state index contributed by atoms with van der Waals surface area (Å²) in [5.74, 6) is -3.02. The lowest BCUT2D eigenvalue weighted by atomic mass is 10.00. The summed E-state index contributed by atoms with van der Waals surface area (Å²) in [6.07, 6.45) is 2.67. The van der Waals surface area contributed by atoms with Crippen LogP contribution in [-0.2, 0) is 25.6 Å². The van der Waals surface area contributed by atoms with Crippen molar-refractivity contribution < 1.29 is 24.3 Å². The fraction of sp³-hybridized carbons (Fsp3) is 0.593. The van der Waals surface area contributed by atoms with Gasteiger partial charge in [0, 0.05) is 13.0 Å². The van der Waals surface area contributed by atoms with E-state index in [0.29, 0.717) is 25.8 Å². The van der Waals surface area contributed by atoms with Gasteiger partial charge < -0.3 is 44.0 Å². The van der Waals surface area contributed by atoms with E-state index in [1.54, 1.807) is 0 Å². The lowest BCUT2D eigenvalue weighted by Crippen LogP contribution is -2.57. The van der Waals surface area contributed by atoms with E-state index in [2.05, 4.69) is 20.9 Å². The van der Waals surface area contributed by atoms with Crippen LogP contribution in [0.1, 0.15) is 57.9 Å². The Hall–Kier alpha value is -3.71. The van der Waals surface area contributed by atoms with Crippen molar-refractivity contribution in [3.8, 4) is 0 Å². The molecule has 0 aliphatic heterocycles. The maximum Gasteiger partial charge on any atom is 0.326 e. The number of nitrogens with one attached hydrogen (secondary N) is 3. The van der Waals surface area contributed by atoms with Crippen molar-refractivity contribution in [1.82, 2.24) is 16.0 Å². The number of hydrogen-bond acceptors (Lipinski definition) is 7. The SMILES string of the molecule is CC(C)CC(NC(=O)C(Cc1ccccc1)NC(=O)C(N)CCCCN)C(=O)NC(CCCN=C(N)N)C(=O)O. The number of nitrogens with zero attached hydrogens (tertiary/aromatic N) is 1. The number of carboxylic acids is 1. The number of carboxylic acid groups (broad SMARTS) is 1. The number of aliphatic imine (C=N–C) groups is 1. The van der Waals surface area contributed by atoms with E-state index in [9.17, 15) is 24.3 Å². The minimum atomic E-state index is -1.22. The van der Waals surface area contributed by atoms with E-state index in [1.807, 2.05) is 44.2 Å². The van der Waals surface area contributed by atoms with Gasteiger partial charge in [0.25, 0.3) is 0 Å². The van der Waals surface area contributed by atoms with Crippen molar-refractivity contribution >= 4 is 29.7 Å². The molecule has 0 heterocycles. The number of aliphatic carboxylic acids is 1. The first kappa shape index (κ1) is 34.3. The molecule has 0 saturated heterocycles. The fourth-order valence-corrected chi connectivity index (χ4v) is 3.99. The Kier molecular flexibility index (Phi) is 15.9. The van der Waals surface area contributed by atoms with Gasteiger partial charge in [-0.2, -0.15) is 0 Å². The molecule has 13 heteroatoms. The summed E-state index contributed by atoms with van der Waals surface area (Å²) in [7, 11) is 0. The zero-order chi connectivity index (χ0) is 30.1. The largest absolute Gasteiger partial charge is 0.480 e. The Morgan fingerprint density at radius 2 is 1.45 bits per heavy atom. The van der Waals surface area contributed by atoms with Gasteiger partial charge in [0.2, 0.25) is 17.7 Å². The average Bonchev–Trinajstić information content (AvgIpc) is 2.89. The van der Waals surface area contributed by atoms with Gasteiger partial charge in [-0.3, -0.25) is 19.4 Å². The Morgan fingerprint density at radius 3 is 2.02 bits per heavy atom. The van der Waals surface area contributed by atoms with E-state index in [4.69, 9.17) is 22.9 Å². The topological polar surface area (TPSA) is 241 Å². The van der Waals surface area contributed by atoms with Crippen molar-refractivity contribution in [2.45, 2.75) is 83.0 Å². The van der Waals surface area contributed by atoms with Crippen LogP contribution < -0.4 is 38.9 Å². The summed E-state index contributed by atoms with van der Waals surface area (Å²) < 4.78 is 0. The summed E-state index contributed by atoms with van der Waals surface area (Å²) in [5.41, 5.74) is 22.9. The third kappa shape index (κ3) is 13.9. The third-order valence-electron chi connectivity index (χ3n) is 6.12. The summed E-state index contributed by atoms with van der Waals surface area (Å²) in [4.78, 5) is 55.0. The monoisotopic (exact) mass is 562 g/mol. The van der Waals surface area contributed by atoms with E-state index in [0.717, 1.165) is 12.0 Å². The van der Waals surface area contributed by atoms with Crippen LogP contribution in [-0.4, -0.2) is 72.0 Å². The first-order valence-electron chi connectivity index (χ1n) is 13.6. The number of rotatable bonds is 19. The lowest BCUT2D eigenvalue weighted by Gasteiger charge is -2.26. The average molecular weight is 563 g/mol. The van der Waals surface area contributed by atoms with Crippen LogP contribution in [0, 0.1) is 5.92 Å². The normalized spacial score (nSPS) is 13.9. The van der Waals surface area contributed by atoms with Gasteiger partial charge in [0.1, 0.15) is 18.1 Å². The van der Waals surface area contributed by atoms with Crippen LogP contribution in [0.5, 0.6) is 0 Å². The highest BCUT2D eigenvalue weighted by Gasteiger charge is 2.30. The number of guanidine groups is 1. The quantitative estimate of drug-likeness (QED) is 0.0604. The zero-order valence-electron chi connectivity index (χ0n) is 23.5. The van der Waals surface area contributed by atoms with Gasteiger partial charge >= 0.3 is 5.97 Å². The molecule has 224 valence electrons. The molecule has 0 aliphatic carbocycles. The molecule has 13 nitrogen and oxygen atoms in total. The molecule has 0 saturated carbocycles. The standard InChI is InChI=1S/C27H46N8O5/c1-17(2)15-21(24(37)33-20(26(39)40)12-8-14-32-27(30)31)35-25(38)22(16-18-9-4-3-5-10-18)34-23(36)19(29)11-6-7-13-28/h3-5,9-10,17,19-22H,6-8,11-16,28-29H2,1-2H3,(H,33,37)(H,34,36)(H,35,38)(H,39,40)(H4,30,31,32). The molecule has 0 aliphatic rings. The van der Waals surface area contributed by atoms with Crippen molar-refractivity contribution in [3.05, 3.63) is 35.9 Å². The molecule has 4 atom stereocenters. The van der Waals surface area contributed by atoms with Gasteiger partial charge in [-0.05, 0) is 50.1 Å². The molecule has 1 rings (SSSR count). The van der Waals surface area contributed by atoms with E-state index in [1.165, 1.54) is 0 Å². The van der Waals surface area contributed by atoms with Crippen LogP contribution in [0.3, 0.4) is 0 Å². The summed E-state index contributed by atoms with van der Waals surface area (Å²) in [6, 6.07) is 5.08. The Bertz CT molecular complexity index is 969. The van der Waals surface area contributed by atoms with Crippen molar-refractivity contribution in [2.75, 3.05) is 13.1 Å². The van der Waals surface area contributed by atoms with Gasteiger partial charge in [0.15, 0.2) is 5.96 Å². The lowest BCUT2D eigenvalue weighted by molar-refractivity contribution is -0.142. The highest BCUT2D eigenvalue weighted by Crippen LogP contribution is 2.10. The van der Waals surface area contributed by atoms with E-state index < -0.39 is 47.9 Å². The number of carbonyl (C=O) groups excluding carboxylic acids is 3. The fourth-order valence-electron chi connectivity index (χ4n) is 3.99. The Balaban J connectivity index is 3.03.